The van der Waals surface area contributed by atoms with Crippen molar-refractivity contribution in [2.75, 3.05) is 44.0 Å². The van der Waals surface area contributed by atoms with E-state index in [4.69, 9.17) is 4.74 Å². The maximum absolute atomic E-state index is 12.5. The topological polar surface area (TPSA) is 53.6 Å². The minimum atomic E-state index is -0.175. The van der Waals surface area contributed by atoms with Crippen LogP contribution in [-0.4, -0.2) is 50.2 Å². The third-order valence-electron chi connectivity index (χ3n) is 4.05. The van der Waals surface area contributed by atoms with Crippen LogP contribution in [0.25, 0.3) is 0 Å². The first-order valence-corrected chi connectivity index (χ1v) is 7.15. The number of amides is 1. The molecule has 0 bridgehead atoms. The van der Waals surface area contributed by atoms with Crippen molar-refractivity contribution < 1.29 is 9.53 Å². The van der Waals surface area contributed by atoms with E-state index in [1.807, 2.05) is 29.2 Å². The quantitative estimate of drug-likeness (QED) is 0.875. The van der Waals surface area contributed by atoms with E-state index in [1.54, 1.807) is 7.11 Å². The lowest BCUT2D eigenvalue weighted by molar-refractivity contribution is -0.130. The summed E-state index contributed by atoms with van der Waals surface area (Å²) in [5, 5.41) is 6.65. The van der Waals surface area contributed by atoms with Gasteiger partial charge in [0.15, 0.2) is 0 Å². The van der Waals surface area contributed by atoms with Gasteiger partial charge in [0.2, 0.25) is 5.91 Å². The number of methoxy groups -OCH3 is 1. The molecule has 0 aromatic heterocycles. The van der Waals surface area contributed by atoms with Gasteiger partial charge in [0.05, 0.1) is 18.0 Å². The molecule has 2 unspecified atom stereocenters. The molecule has 1 fully saturated rings. The third kappa shape index (κ3) is 2.58. The summed E-state index contributed by atoms with van der Waals surface area (Å²) in [6, 6.07) is 7.81. The van der Waals surface area contributed by atoms with Crippen molar-refractivity contribution in [2.45, 2.75) is 12.5 Å². The Morgan fingerprint density at radius 2 is 2.20 bits per heavy atom. The summed E-state index contributed by atoms with van der Waals surface area (Å²) < 4.78 is 5.18. The van der Waals surface area contributed by atoms with Crippen molar-refractivity contribution in [3.63, 3.8) is 0 Å². The number of carbonyl (C=O) groups excluding carboxylic acids is 1. The molecular formula is C15H21N3O2. The molecule has 0 radical (unpaired) electrons. The highest BCUT2D eigenvalue weighted by atomic mass is 16.5. The molecule has 3 rings (SSSR count). The van der Waals surface area contributed by atoms with Crippen LogP contribution in [0.2, 0.25) is 0 Å². The fourth-order valence-electron chi connectivity index (χ4n) is 2.99. The molecule has 0 spiro atoms. The second-order valence-corrected chi connectivity index (χ2v) is 5.52. The number of carbonyl (C=O) groups is 1. The number of para-hydroxylation sites is 2. The summed E-state index contributed by atoms with van der Waals surface area (Å²) in [7, 11) is 1.72. The van der Waals surface area contributed by atoms with Crippen LogP contribution in [0.4, 0.5) is 11.4 Å². The zero-order valence-corrected chi connectivity index (χ0v) is 11.8. The first-order valence-electron chi connectivity index (χ1n) is 7.15. The fraction of sp³-hybridized carbons (Fsp3) is 0.533. The van der Waals surface area contributed by atoms with Crippen LogP contribution in [0.5, 0.6) is 0 Å². The Kier molecular flexibility index (Phi) is 3.78. The molecule has 1 amide bonds. The average molecular weight is 275 g/mol. The highest BCUT2D eigenvalue weighted by Gasteiger charge is 2.32. The lowest BCUT2D eigenvalue weighted by Crippen LogP contribution is -2.47. The van der Waals surface area contributed by atoms with Crippen molar-refractivity contribution in [1.29, 1.82) is 0 Å². The first kappa shape index (κ1) is 13.2. The normalized spacial score (nSPS) is 24.8. The van der Waals surface area contributed by atoms with E-state index in [9.17, 15) is 4.79 Å². The number of nitrogens with zero attached hydrogens (tertiary/aromatic N) is 1. The lowest BCUT2D eigenvalue weighted by atomic mass is 10.1. The molecule has 2 aliphatic heterocycles. The van der Waals surface area contributed by atoms with E-state index in [-0.39, 0.29) is 11.9 Å². The molecule has 0 aliphatic carbocycles. The Morgan fingerprint density at radius 3 is 3.00 bits per heavy atom. The van der Waals surface area contributed by atoms with E-state index < -0.39 is 0 Å². The van der Waals surface area contributed by atoms with Gasteiger partial charge in [-0.1, -0.05) is 12.1 Å². The Balaban J connectivity index is 1.62. The van der Waals surface area contributed by atoms with Crippen molar-refractivity contribution in [3.8, 4) is 0 Å². The Hall–Kier alpha value is -1.75. The summed E-state index contributed by atoms with van der Waals surface area (Å²) >= 11 is 0. The number of benzene rings is 1. The van der Waals surface area contributed by atoms with Crippen LogP contribution in [0.1, 0.15) is 6.42 Å². The van der Waals surface area contributed by atoms with Gasteiger partial charge in [0.25, 0.3) is 0 Å². The molecule has 2 N–H and O–H groups in total. The summed E-state index contributed by atoms with van der Waals surface area (Å²) in [4.78, 5) is 14.5. The predicted octanol–water partition coefficient (Wildman–Crippen LogP) is 1.39. The molecule has 1 saturated heterocycles. The molecule has 2 heterocycles. The molecule has 2 atom stereocenters. The van der Waals surface area contributed by atoms with Gasteiger partial charge in [-0.15, -0.1) is 0 Å². The highest BCUT2D eigenvalue weighted by Crippen LogP contribution is 2.26. The molecule has 2 aliphatic rings. The summed E-state index contributed by atoms with van der Waals surface area (Å²) in [5.74, 6) is 0.665. The monoisotopic (exact) mass is 275 g/mol. The minimum Gasteiger partial charge on any atom is -0.384 e. The SMILES string of the molecule is COCC1CCN(C(=O)C2CNc3ccccc3N2)C1. The molecule has 5 nitrogen and oxygen atoms in total. The van der Waals surface area contributed by atoms with Crippen molar-refractivity contribution in [1.82, 2.24) is 4.90 Å². The molecule has 1 aromatic rings. The fourth-order valence-corrected chi connectivity index (χ4v) is 2.99. The van der Waals surface area contributed by atoms with E-state index in [0.717, 1.165) is 37.5 Å². The number of likely N-dealkylation sites (tertiary alicyclic amines) is 1. The van der Waals surface area contributed by atoms with Gasteiger partial charge in [-0.3, -0.25) is 4.79 Å². The van der Waals surface area contributed by atoms with Crippen LogP contribution in [-0.2, 0) is 9.53 Å². The van der Waals surface area contributed by atoms with Crippen LogP contribution in [0.15, 0.2) is 24.3 Å². The number of nitrogens with one attached hydrogen (secondary N) is 2. The van der Waals surface area contributed by atoms with E-state index in [2.05, 4.69) is 10.6 Å². The van der Waals surface area contributed by atoms with Crippen molar-refractivity contribution in [3.05, 3.63) is 24.3 Å². The van der Waals surface area contributed by atoms with Crippen molar-refractivity contribution >= 4 is 17.3 Å². The van der Waals surface area contributed by atoms with Gasteiger partial charge in [-0.25, -0.2) is 0 Å². The Labute approximate surface area is 119 Å². The van der Waals surface area contributed by atoms with Gasteiger partial charge in [-0.05, 0) is 18.6 Å². The van der Waals surface area contributed by atoms with Crippen LogP contribution >= 0.6 is 0 Å². The summed E-state index contributed by atoms with van der Waals surface area (Å²) in [6.07, 6.45) is 1.04. The number of fused-ring (bicyclic) bond motifs is 1. The number of ether oxygens (including phenoxy) is 1. The zero-order valence-electron chi connectivity index (χ0n) is 11.8. The van der Waals surface area contributed by atoms with Gasteiger partial charge < -0.3 is 20.3 Å². The maximum Gasteiger partial charge on any atom is 0.246 e. The molecule has 0 saturated carbocycles. The first-order chi connectivity index (χ1) is 9.78. The second-order valence-electron chi connectivity index (χ2n) is 5.52. The molecule has 20 heavy (non-hydrogen) atoms. The Morgan fingerprint density at radius 1 is 1.40 bits per heavy atom. The van der Waals surface area contributed by atoms with Gasteiger partial charge >= 0.3 is 0 Å². The van der Waals surface area contributed by atoms with Gasteiger partial charge in [-0.2, -0.15) is 0 Å². The van der Waals surface area contributed by atoms with Crippen LogP contribution in [0.3, 0.4) is 0 Å². The number of rotatable bonds is 3. The smallest absolute Gasteiger partial charge is 0.246 e. The number of hydrogen-bond acceptors (Lipinski definition) is 4. The number of anilines is 2. The van der Waals surface area contributed by atoms with Gasteiger partial charge in [0.1, 0.15) is 6.04 Å². The third-order valence-corrected chi connectivity index (χ3v) is 4.05. The van der Waals surface area contributed by atoms with Crippen LogP contribution < -0.4 is 10.6 Å². The Bertz CT molecular complexity index is 492. The van der Waals surface area contributed by atoms with E-state index in [0.29, 0.717) is 12.5 Å². The minimum absolute atomic E-state index is 0.175. The molecule has 108 valence electrons. The van der Waals surface area contributed by atoms with E-state index >= 15 is 0 Å². The zero-order chi connectivity index (χ0) is 13.9. The molecular weight excluding hydrogens is 254 g/mol. The van der Waals surface area contributed by atoms with E-state index in [1.165, 1.54) is 0 Å². The second kappa shape index (κ2) is 5.71. The maximum atomic E-state index is 12.5. The number of hydrogen-bond donors (Lipinski definition) is 2. The van der Waals surface area contributed by atoms with Gasteiger partial charge in [0, 0.05) is 32.7 Å². The average Bonchev–Trinajstić information content (AvgIpc) is 2.95. The largest absolute Gasteiger partial charge is 0.384 e. The van der Waals surface area contributed by atoms with Crippen molar-refractivity contribution in [2.24, 2.45) is 5.92 Å². The predicted molar refractivity (Wildman–Crippen MR) is 78.9 cm³/mol. The highest BCUT2D eigenvalue weighted by molar-refractivity contribution is 5.88. The lowest BCUT2D eigenvalue weighted by Gasteiger charge is -2.30. The summed E-state index contributed by atoms with van der Waals surface area (Å²) in [5.41, 5.74) is 2.07. The standard InChI is InChI=1S/C15H21N3O2/c1-20-10-11-6-7-18(9-11)15(19)14-8-16-12-4-2-3-5-13(12)17-14/h2-5,11,14,16-17H,6-10H2,1H3. The molecule has 5 heteroatoms. The summed E-state index contributed by atoms with van der Waals surface area (Å²) in [6.45, 7) is 3.03. The molecule has 1 aromatic carbocycles. The van der Waals surface area contributed by atoms with Crippen LogP contribution in [0, 0.1) is 5.92 Å².